The highest BCUT2D eigenvalue weighted by molar-refractivity contribution is 9.10. The van der Waals surface area contributed by atoms with E-state index in [1.165, 1.54) is 18.7 Å². The van der Waals surface area contributed by atoms with Crippen LogP contribution in [0.2, 0.25) is 10.0 Å². The number of nitrogens with zero attached hydrogens (tertiary/aromatic N) is 5. The maximum Gasteiger partial charge on any atom is 0.407 e. The van der Waals surface area contributed by atoms with E-state index < -0.39 is 23.7 Å². The number of carboxylic acid groups (broad SMARTS) is 1. The number of carboxylic acids is 1. The van der Waals surface area contributed by atoms with E-state index in [2.05, 4.69) is 63.0 Å². The highest BCUT2D eigenvalue weighted by atomic mass is 79.9. The minimum Gasteiger partial charge on any atom is -0.481 e. The van der Waals surface area contributed by atoms with Crippen molar-refractivity contribution >= 4 is 95.1 Å². The second-order valence-corrected chi connectivity index (χ2v) is 26.1. The van der Waals surface area contributed by atoms with Crippen LogP contribution in [-0.2, 0) is 54.5 Å². The Balaban J connectivity index is 0.000000221. The normalized spacial score (nSPS) is 16.8. The smallest absolute Gasteiger partial charge is 0.407 e. The molecule has 20 heteroatoms. The van der Waals surface area contributed by atoms with Gasteiger partial charge in [-0.15, -0.1) is 0 Å². The molecule has 5 atom stereocenters. The number of aromatic nitrogens is 4. The Morgan fingerprint density at radius 3 is 1.72 bits per heavy atom. The molecule has 83 heavy (non-hydrogen) atoms. The maximum absolute atomic E-state index is 13.7. The standard InChI is InChI=1S/C31H40BrClN4O4.C16H24BrNO3.C16H22ClN3O/c1-31(2,3)41-30(39)34-24(18-21-11-13-23(32)14-12-21)19-27(38)36-15-6-8-22(20-36)29-35-28-25(33)9-5-10-26(28)37(29)16-7-17-40-4;1-11(21-16(2,3)4)18-14(10-15(19)20)9-12-5-7-13(17)8-6-12;1-21-10-4-9-20-14-7-2-6-13(17)15(14)19-16(20)12-5-3-8-18-11-12/h5,9-14,22,24H,6-8,15-20H2,1-4H3,(H,34,39);5-8,11,14,18H,9-10H2,1-4H3,(H,19,20);2,6-7,12,18H,3-5,8-11H2,1H3/t22-,24-;11?,14-;12-/m111/s1. The number of imidazole rings is 2. The van der Waals surface area contributed by atoms with Crippen LogP contribution in [0.3, 0.4) is 0 Å². The van der Waals surface area contributed by atoms with Crippen LogP contribution in [0.5, 0.6) is 0 Å². The van der Waals surface area contributed by atoms with Gasteiger partial charge in [-0.3, -0.25) is 14.9 Å². The first-order valence-electron chi connectivity index (χ1n) is 28.9. The quantitative estimate of drug-likeness (QED) is 0.0373. The van der Waals surface area contributed by atoms with Gasteiger partial charge in [-0.1, -0.05) is 91.5 Å². The zero-order valence-corrected chi connectivity index (χ0v) is 54.4. The third kappa shape index (κ3) is 22.0. The first-order chi connectivity index (χ1) is 39.5. The van der Waals surface area contributed by atoms with E-state index >= 15 is 0 Å². The van der Waals surface area contributed by atoms with E-state index in [0.29, 0.717) is 43.5 Å². The first kappa shape index (κ1) is 67.5. The third-order valence-corrected chi connectivity index (χ3v) is 15.8. The molecule has 6 aromatic rings. The Kier molecular flexibility index (Phi) is 26.6. The number of aryl methyl sites for hydroxylation is 2. The van der Waals surface area contributed by atoms with Crippen LogP contribution in [0.15, 0.2) is 93.9 Å². The summed E-state index contributed by atoms with van der Waals surface area (Å²) in [6.45, 7) is 19.8. The summed E-state index contributed by atoms with van der Waals surface area (Å²) in [6, 6.07) is 27.1. The monoisotopic (exact) mass is 1310 g/mol. The van der Waals surface area contributed by atoms with E-state index in [9.17, 15) is 14.4 Å². The van der Waals surface area contributed by atoms with E-state index in [1.807, 2.05) is 132 Å². The fraction of sp³-hybridized carbons (Fsp3) is 0.540. The van der Waals surface area contributed by atoms with Gasteiger partial charge >= 0.3 is 12.1 Å². The number of amides is 2. The molecule has 0 radical (unpaired) electrons. The average Bonchev–Trinajstić information content (AvgIpc) is 4.09. The number of rotatable bonds is 22. The molecule has 1 unspecified atom stereocenters. The van der Waals surface area contributed by atoms with Gasteiger partial charge in [0.2, 0.25) is 5.91 Å². The van der Waals surface area contributed by atoms with Crippen LogP contribution in [0.4, 0.5) is 4.79 Å². The largest absolute Gasteiger partial charge is 0.481 e. The lowest BCUT2D eigenvalue weighted by molar-refractivity contribution is -0.138. The summed E-state index contributed by atoms with van der Waals surface area (Å²) >= 11 is 19.7. The Morgan fingerprint density at radius 2 is 1.24 bits per heavy atom. The molecular formula is C63H86Br2Cl2N8O8. The fourth-order valence-electron chi connectivity index (χ4n) is 10.7. The Morgan fingerprint density at radius 1 is 0.723 bits per heavy atom. The molecule has 8 rings (SSSR count). The van der Waals surface area contributed by atoms with Gasteiger partial charge in [-0.2, -0.15) is 0 Å². The molecule has 4 N–H and O–H groups in total. The Labute approximate surface area is 517 Å². The zero-order chi connectivity index (χ0) is 60.3. The van der Waals surface area contributed by atoms with Crippen molar-refractivity contribution in [1.29, 1.82) is 0 Å². The van der Waals surface area contributed by atoms with Crippen LogP contribution in [0.25, 0.3) is 22.1 Å². The van der Waals surface area contributed by atoms with Gasteiger partial charge in [0.1, 0.15) is 34.5 Å². The first-order valence-corrected chi connectivity index (χ1v) is 31.2. The summed E-state index contributed by atoms with van der Waals surface area (Å²) < 4.78 is 28.3. The molecule has 2 aromatic heterocycles. The molecule has 0 saturated carbocycles. The van der Waals surface area contributed by atoms with Crippen molar-refractivity contribution in [3.05, 3.63) is 127 Å². The number of hydrogen-bond donors (Lipinski definition) is 4. The number of nitrogens with one attached hydrogen (secondary N) is 3. The van der Waals surface area contributed by atoms with Crippen LogP contribution in [-0.4, -0.2) is 130 Å². The number of carbonyl (C=O) groups is 3. The number of halogens is 4. The predicted molar refractivity (Wildman–Crippen MR) is 339 cm³/mol. The van der Waals surface area contributed by atoms with Crippen molar-refractivity contribution in [1.82, 2.24) is 40.0 Å². The average molecular weight is 1310 g/mol. The number of piperidine rings is 2. The number of fused-ring (bicyclic) bond motifs is 2. The van der Waals surface area contributed by atoms with E-state index in [1.54, 1.807) is 14.2 Å². The second kappa shape index (κ2) is 32.8. The summed E-state index contributed by atoms with van der Waals surface area (Å²) in [6.07, 6.45) is 6.74. The topological polar surface area (TPSA) is 183 Å². The molecule has 0 spiro atoms. The summed E-state index contributed by atoms with van der Waals surface area (Å²) in [4.78, 5) is 49.1. The molecule has 2 aliphatic heterocycles. The van der Waals surface area contributed by atoms with E-state index in [0.717, 1.165) is 111 Å². The predicted octanol–water partition coefficient (Wildman–Crippen LogP) is 13.5. The number of benzene rings is 4. The van der Waals surface area contributed by atoms with E-state index in [-0.39, 0.29) is 42.5 Å². The molecule has 16 nitrogen and oxygen atoms in total. The summed E-state index contributed by atoms with van der Waals surface area (Å²) in [5.74, 6) is 1.88. The number of ether oxygens (including phenoxy) is 4. The molecule has 4 heterocycles. The Hall–Kier alpha value is -4.63. The zero-order valence-electron chi connectivity index (χ0n) is 49.8. The fourth-order valence-corrected chi connectivity index (χ4v) is 11.6. The van der Waals surface area contributed by atoms with Gasteiger partial charge in [0.25, 0.3) is 0 Å². The molecule has 4 aromatic carbocycles. The maximum atomic E-state index is 13.7. The molecule has 2 fully saturated rings. The van der Waals surface area contributed by atoms with Crippen molar-refractivity contribution in [3.8, 4) is 0 Å². The van der Waals surface area contributed by atoms with Gasteiger partial charge in [-0.25, -0.2) is 14.8 Å². The SMILES string of the molecule is CC(N[C@@H](CC(=O)O)Cc1ccc(Br)cc1)OC(C)(C)C.COCCCn1c([C@@H]2CCCN(C(=O)C[C@@H](Cc3ccc(Br)cc3)NC(=O)OC(C)(C)C)C2)nc2c(Cl)cccc21.COCCCn1c([C@@H]2CCCNC2)nc2c(Cl)cccc21. The van der Waals surface area contributed by atoms with Crippen LogP contribution in [0.1, 0.15) is 134 Å². The van der Waals surface area contributed by atoms with Crippen molar-refractivity contribution in [2.75, 3.05) is 53.6 Å². The number of para-hydroxylation sites is 2. The number of alkyl carbamates (subject to hydrolysis) is 1. The lowest BCUT2D eigenvalue weighted by Gasteiger charge is -2.34. The van der Waals surface area contributed by atoms with Crippen molar-refractivity contribution in [3.63, 3.8) is 0 Å². The molecular weight excluding hydrogens is 1230 g/mol. The summed E-state index contributed by atoms with van der Waals surface area (Å²) in [5, 5.41) is 20.1. The number of aliphatic carboxylic acids is 1. The van der Waals surface area contributed by atoms with Gasteiger partial charge < -0.3 is 48.7 Å². The van der Waals surface area contributed by atoms with Gasteiger partial charge in [0.15, 0.2) is 0 Å². The van der Waals surface area contributed by atoms with Gasteiger partial charge in [-0.05, 0) is 166 Å². The number of carbonyl (C=O) groups excluding carboxylic acids is 2. The van der Waals surface area contributed by atoms with Crippen molar-refractivity contribution < 1.29 is 38.4 Å². The number of hydrogen-bond acceptors (Lipinski definition) is 11. The van der Waals surface area contributed by atoms with Crippen molar-refractivity contribution in [2.45, 2.75) is 167 Å². The molecule has 0 aliphatic carbocycles. The van der Waals surface area contributed by atoms with Crippen LogP contribution < -0.4 is 16.0 Å². The molecule has 0 bridgehead atoms. The number of likely N-dealkylation sites (tertiary alicyclic amines) is 1. The van der Waals surface area contributed by atoms with Crippen LogP contribution >= 0.6 is 55.1 Å². The third-order valence-electron chi connectivity index (χ3n) is 14.1. The van der Waals surface area contributed by atoms with Gasteiger partial charge in [0.05, 0.1) is 33.1 Å². The minimum atomic E-state index is -0.812. The van der Waals surface area contributed by atoms with Crippen molar-refractivity contribution in [2.24, 2.45) is 0 Å². The number of methoxy groups -OCH3 is 2. The lowest BCUT2D eigenvalue weighted by Crippen LogP contribution is -2.46. The second-order valence-electron chi connectivity index (χ2n) is 23.4. The Bertz CT molecular complexity index is 3000. The highest BCUT2D eigenvalue weighted by Crippen LogP contribution is 2.34. The lowest BCUT2D eigenvalue weighted by atomic mass is 9.95. The van der Waals surface area contributed by atoms with Gasteiger partial charge in [0, 0.05) is 99.4 Å². The molecule has 2 amide bonds. The molecule has 2 aliphatic rings. The summed E-state index contributed by atoms with van der Waals surface area (Å²) in [5.41, 5.74) is 5.09. The highest BCUT2D eigenvalue weighted by Gasteiger charge is 2.32. The van der Waals surface area contributed by atoms with Crippen LogP contribution in [0, 0.1) is 0 Å². The minimum absolute atomic E-state index is 0.00736. The molecule has 454 valence electrons. The van der Waals surface area contributed by atoms with E-state index in [4.69, 9.17) is 57.2 Å². The summed E-state index contributed by atoms with van der Waals surface area (Å²) in [7, 11) is 3.45. The molecule has 2 saturated heterocycles.